The molecule has 0 aliphatic rings. The first-order valence-corrected chi connectivity index (χ1v) is 15.9. The number of hydrogen-bond acceptors (Lipinski definition) is 3. The summed E-state index contributed by atoms with van der Waals surface area (Å²) in [5, 5.41) is 2.19. The van der Waals surface area contributed by atoms with Crippen molar-refractivity contribution in [2.45, 2.75) is 0 Å². The van der Waals surface area contributed by atoms with Crippen LogP contribution in [-0.4, -0.2) is 9.55 Å². The molecule has 10 aromatic rings. The van der Waals surface area contributed by atoms with Gasteiger partial charge in [0.15, 0.2) is 5.58 Å². The maximum Gasteiger partial charge on any atom is 0.227 e. The molecular formula is C45H29N3O. The van der Waals surface area contributed by atoms with Gasteiger partial charge < -0.3 is 13.9 Å². The van der Waals surface area contributed by atoms with Gasteiger partial charge in [-0.25, -0.2) is 4.98 Å². The van der Waals surface area contributed by atoms with E-state index >= 15 is 0 Å². The molecule has 4 nitrogen and oxygen atoms in total. The molecule has 8 aromatic carbocycles. The van der Waals surface area contributed by atoms with Gasteiger partial charge in [-0.1, -0.05) is 103 Å². The summed E-state index contributed by atoms with van der Waals surface area (Å²) in [7, 11) is 0. The zero-order valence-electron chi connectivity index (χ0n) is 33.9. The van der Waals surface area contributed by atoms with Crippen LogP contribution in [0.25, 0.3) is 71.6 Å². The van der Waals surface area contributed by atoms with Crippen molar-refractivity contribution in [3.63, 3.8) is 0 Å². The van der Waals surface area contributed by atoms with Gasteiger partial charge in [-0.3, -0.25) is 0 Å². The molecule has 0 aliphatic heterocycles. The Balaban J connectivity index is 1.15. The second-order valence-corrected chi connectivity index (χ2v) is 11.8. The summed E-state index contributed by atoms with van der Waals surface area (Å²) in [6.07, 6.45) is 0. The van der Waals surface area contributed by atoms with Crippen LogP contribution in [0.3, 0.4) is 0 Å². The number of rotatable bonds is 5. The molecule has 0 radical (unpaired) electrons. The maximum absolute atomic E-state index is 8.82. The fraction of sp³-hybridized carbons (Fsp3) is 0. The predicted octanol–water partition coefficient (Wildman–Crippen LogP) is 12.4. The van der Waals surface area contributed by atoms with E-state index in [1.807, 2.05) is 72.8 Å². The van der Waals surface area contributed by atoms with Crippen molar-refractivity contribution in [3.8, 4) is 17.1 Å². The fourth-order valence-corrected chi connectivity index (χ4v) is 6.86. The summed E-state index contributed by atoms with van der Waals surface area (Å²) in [6.45, 7) is 0. The molecule has 0 saturated heterocycles. The minimum absolute atomic E-state index is 0.00293. The number of fused-ring (bicyclic) bond motifs is 9. The summed E-state index contributed by atoms with van der Waals surface area (Å²) >= 11 is 0. The first-order chi connectivity index (χ1) is 27.6. The standard InChI is InChI=1S/C45H29N3O/c1-3-13-31(14-4-1)47(34-27-28-42-40(29-34)37-19-11-12-22-41(37)48(42)32-15-5-2-6-16-32)33-25-23-30(24-26-33)45-46-43-38-20-9-7-17-35(38)36-18-8-10-21-39(36)44(43)49-45/h1-29H/i7D,8D,9D,10D,17D,18D,20D,21D. The smallest absolute Gasteiger partial charge is 0.227 e. The van der Waals surface area contributed by atoms with Gasteiger partial charge in [0.2, 0.25) is 5.89 Å². The van der Waals surface area contributed by atoms with E-state index in [4.69, 9.17) is 20.4 Å². The zero-order chi connectivity index (χ0) is 39.3. The van der Waals surface area contributed by atoms with Crippen LogP contribution in [0.15, 0.2) is 180 Å². The normalized spacial score (nSPS) is 14.0. The molecule has 0 N–H and O–H groups in total. The molecule has 0 atom stereocenters. The molecule has 2 aromatic heterocycles. The predicted molar refractivity (Wildman–Crippen MR) is 203 cm³/mol. The fourth-order valence-electron chi connectivity index (χ4n) is 6.86. The number of aromatic nitrogens is 2. The molecule has 0 aliphatic carbocycles. The molecule has 4 heteroatoms. The molecule has 0 amide bonds. The number of nitrogens with zero attached hydrogens (tertiary/aromatic N) is 3. The van der Waals surface area contributed by atoms with Crippen molar-refractivity contribution in [2.75, 3.05) is 4.90 Å². The minimum Gasteiger partial charge on any atom is -0.435 e. The highest BCUT2D eigenvalue weighted by atomic mass is 16.3. The highest BCUT2D eigenvalue weighted by Gasteiger charge is 2.19. The number of anilines is 3. The lowest BCUT2D eigenvalue weighted by atomic mass is 10.0. The van der Waals surface area contributed by atoms with E-state index in [1.54, 1.807) is 0 Å². The minimum atomic E-state index is -0.514. The summed E-state index contributed by atoms with van der Waals surface area (Å²) in [4.78, 5) is 6.92. The van der Waals surface area contributed by atoms with Crippen LogP contribution in [0.2, 0.25) is 0 Å². The van der Waals surface area contributed by atoms with Crippen molar-refractivity contribution >= 4 is 71.5 Å². The van der Waals surface area contributed by atoms with E-state index in [1.165, 1.54) is 0 Å². The Labute approximate surface area is 294 Å². The lowest BCUT2D eigenvalue weighted by Crippen LogP contribution is -2.09. The van der Waals surface area contributed by atoms with Crippen LogP contribution in [0.4, 0.5) is 17.1 Å². The molecule has 0 bridgehead atoms. The van der Waals surface area contributed by atoms with Gasteiger partial charge in [0.05, 0.1) is 22.0 Å². The van der Waals surface area contributed by atoms with Crippen molar-refractivity contribution in [1.82, 2.24) is 9.55 Å². The summed E-state index contributed by atoms with van der Waals surface area (Å²) in [5.41, 5.74) is 6.67. The van der Waals surface area contributed by atoms with E-state index in [0.29, 0.717) is 5.56 Å². The van der Waals surface area contributed by atoms with Gasteiger partial charge in [-0.05, 0) is 83.6 Å². The quantitative estimate of drug-likeness (QED) is 0.177. The Morgan fingerprint density at radius 1 is 0.510 bits per heavy atom. The largest absolute Gasteiger partial charge is 0.435 e. The Kier molecular flexibility index (Phi) is 4.60. The van der Waals surface area contributed by atoms with Gasteiger partial charge >= 0.3 is 0 Å². The van der Waals surface area contributed by atoms with E-state index < -0.39 is 36.3 Å². The molecule has 2 heterocycles. The number of para-hydroxylation sites is 3. The molecule has 10 rings (SSSR count). The second-order valence-electron chi connectivity index (χ2n) is 11.8. The van der Waals surface area contributed by atoms with Gasteiger partial charge in [-0.15, -0.1) is 0 Å². The SMILES string of the molecule is [2H]c1c([2H])c([2H])c2c(c1[2H])c1nc(-c3ccc(N(c4ccccc4)c4ccc5c(c4)c4ccccc4n5-c4ccccc4)cc3)oc1c1c([2H])c([2H])c([2H])c([2H])c12. The van der Waals surface area contributed by atoms with E-state index in [-0.39, 0.29) is 50.6 Å². The summed E-state index contributed by atoms with van der Waals surface area (Å²) in [6, 6.07) is 39.2. The Morgan fingerprint density at radius 2 is 1.10 bits per heavy atom. The summed E-state index contributed by atoms with van der Waals surface area (Å²) in [5.74, 6) is 0.131. The highest BCUT2D eigenvalue weighted by molar-refractivity contribution is 6.22. The molecular weight excluding hydrogens is 599 g/mol. The van der Waals surface area contributed by atoms with Gasteiger partial charge in [-0.2, -0.15) is 0 Å². The highest BCUT2D eigenvalue weighted by Crippen LogP contribution is 2.41. The van der Waals surface area contributed by atoms with Crippen molar-refractivity contribution < 1.29 is 15.4 Å². The number of hydrogen-bond donors (Lipinski definition) is 0. The topological polar surface area (TPSA) is 34.2 Å². The summed E-state index contributed by atoms with van der Waals surface area (Å²) < 4.78 is 77.3. The molecule has 49 heavy (non-hydrogen) atoms. The average molecular weight is 636 g/mol. The number of oxazole rings is 1. The van der Waals surface area contributed by atoms with E-state index in [0.717, 1.165) is 44.6 Å². The lowest BCUT2D eigenvalue weighted by molar-refractivity contribution is 0.623. The van der Waals surface area contributed by atoms with E-state index in [9.17, 15) is 0 Å². The van der Waals surface area contributed by atoms with Crippen molar-refractivity contribution in [3.05, 3.63) is 176 Å². The van der Waals surface area contributed by atoms with Crippen LogP contribution < -0.4 is 4.90 Å². The van der Waals surface area contributed by atoms with Crippen LogP contribution in [0.5, 0.6) is 0 Å². The van der Waals surface area contributed by atoms with Gasteiger partial charge in [0.25, 0.3) is 0 Å². The average Bonchev–Trinajstić information content (AvgIpc) is 3.83. The van der Waals surface area contributed by atoms with Crippen LogP contribution >= 0.6 is 0 Å². The third kappa shape index (κ3) is 4.35. The number of benzene rings is 8. The Morgan fingerprint density at radius 3 is 1.88 bits per heavy atom. The van der Waals surface area contributed by atoms with Crippen LogP contribution in [-0.2, 0) is 0 Å². The first-order valence-electron chi connectivity index (χ1n) is 19.9. The molecule has 0 unspecified atom stereocenters. The Bertz CT molecular complexity index is 3180. The Hall–Kier alpha value is -6.65. The monoisotopic (exact) mass is 635 g/mol. The molecule has 0 fully saturated rings. The second kappa shape index (κ2) is 11.0. The lowest BCUT2D eigenvalue weighted by Gasteiger charge is -2.25. The zero-order valence-corrected chi connectivity index (χ0v) is 25.9. The molecule has 0 saturated carbocycles. The first kappa shape index (κ1) is 20.6. The maximum atomic E-state index is 8.82. The van der Waals surface area contributed by atoms with Crippen LogP contribution in [0, 0.1) is 0 Å². The molecule has 230 valence electrons. The van der Waals surface area contributed by atoms with Gasteiger partial charge in [0, 0.05) is 49.9 Å². The van der Waals surface area contributed by atoms with Crippen LogP contribution in [0.1, 0.15) is 11.0 Å². The molecule has 0 spiro atoms. The van der Waals surface area contributed by atoms with E-state index in [2.05, 4.69) is 64.1 Å². The van der Waals surface area contributed by atoms with Crippen molar-refractivity contribution in [1.29, 1.82) is 0 Å². The van der Waals surface area contributed by atoms with Gasteiger partial charge in [0.1, 0.15) is 5.52 Å². The third-order valence-corrected chi connectivity index (χ3v) is 9.03. The van der Waals surface area contributed by atoms with Crippen molar-refractivity contribution in [2.24, 2.45) is 0 Å². The third-order valence-electron chi connectivity index (χ3n) is 9.03.